The fourth-order valence-electron chi connectivity index (χ4n) is 1.54. The van der Waals surface area contributed by atoms with Crippen LogP contribution in [0.1, 0.15) is 27.6 Å². The molecule has 1 aromatic carbocycles. The van der Waals surface area contributed by atoms with Crippen LogP contribution in [-0.4, -0.2) is 16.0 Å². The second-order valence-corrected chi connectivity index (χ2v) is 4.96. The van der Waals surface area contributed by atoms with Gasteiger partial charge in [-0.2, -0.15) is 18.2 Å². The Hall–Kier alpha value is -1.90. The van der Waals surface area contributed by atoms with Crippen molar-refractivity contribution in [3.8, 4) is 0 Å². The number of nitrogens with zero attached hydrogens (tertiary/aromatic N) is 2. The average Bonchev–Trinajstić information content (AvgIpc) is 2.81. The summed E-state index contributed by atoms with van der Waals surface area (Å²) in [6, 6.07) is 2.85. The van der Waals surface area contributed by atoms with Crippen molar-refractivity contribution in [2.45, 2.75) is 19.6 Å². The van der Waals surface area contributed by atoms with Crippen molar-refractivity contribution in [3.63, 3.8) is 0 Å². The summed E-state index contributed by atoms with van der Waals surface area (Å²) in [5.74, 6) is -0.0983. The molecule has 0 saturated heterocycles. The van der Waals surface area contributed by atoms with E-state index < -0.39 is 17.6 Å². The normalized spacial score (nSPS) is 11.5. The summed E-state index contributed by atoms with van der Waals surface area (Å²) >= 11 is 3.05. The second-order valence-electron chi connectivity index (χ2n) is 4.10. The maximum absolute atomic E-state index is 12.6. The fourth-order valence-corrected chi connectivity index (χ4v) is 1.97. The van der Waals surface area contributed by atoms with Crippen LogP contribution in [0.4, 0.5) is 13.2 Å². The van der Waals surface area contributed by atoms with Crippen LogP contribution in [0.25, 0.3) is 0 Å². The van der Waals surface area contributed by atoms with Gasteiger partial charge in [-0.25, -0.2) is 0 Å². The summed E-state index contributed by atoms with van der Waals surface area (Å²) in [5, 5.41) is 5.99. The van der Waals surface area contributed by atoms with E-state index in [-0.39, 0.29) is 22.4 Å². The fraction of sp³-hybridized carbons (Fsp3) is 0.250. The number of benzene rings is 1. The lowest BCUT2D eigenvalue weighted by atomic mass is 10.1. The Bertz CT molecular complexity index is 670. The molecule has 9 heteroatoms. The van der Waals surface area contributed by atoms with Gasteiger partial charge in [0.15, 0.2) is 5.82 Å². The van der Waals surface area contributed by atoms with Crippen LogP contribution < -0.4 is 5.32 Å². The van der Waals surface area contributed by atoms with Crippen molar-refractivity contribution >= 4 is 21.8 Å². The van der Waals surface area contributed by atoms with Gasteiger partial charge >= 0.3 is 6.18 Å². The van der Waals surface area contributed by atoms with Crippen LogP contribution in [0.3, 0.4) is 0 Å². The van der Waals surface area contributed by atoms with E-state index in [1.54, 1.807) is 6.92 Å². The van der Waals surface area contributed by atoms with Crippen LogP contribution in [0.5, 0.6) is 0 Å². The van der Waals surface area contributed by atoms with E-state index in [1.165, 1.54) is 6.07 Å². The number of hydrogen-bond donors (Lipinski definition) is 1. The molecule has 0 unspecified atom stereocenters. The van der Waals surface area contributed by atoms with Crippen LogP contribution >= 0.6 is 15.9 Å². The molecule has 0 radical (unpaired) electrons. The van der Waals surface area contributed by atoms with Crippen molar-refractivity contribution in [1.29, 1.82) is 0 Å². The SMILES string of the molecule is Cc1nc(CNC(=O)c2cc(C(F)(F)F)ccc2Br)no1. The number of nitrogens with one attached hydrogen (secondary N) is 1. The summed E-state index contributed by atoms with van der Waals surface area (Å²) in [7, 11) is 0. The number of rotatable bonds is 3. The molecule has 0 atom stereocenters. The number of aryl methyl sites for hydroxylation is 1. The predicted octanol–water partition coefficient (Wildman–Crippen LogP) is 3.09. The predicted molar refractivity (Wildman–Crippen MR) is 69.3 cm³/mol. The van der Waals surface area contributed by atoms with Crippen LogP contribution in [0.2, 0.25) is 0 Å². The molecule has 0 aliphatic carbocycles. The number of amides is 1. The Balaban J connectivity index is 2.15. The van der Waals surface area contributed by atoms with Gasteiger partial charge in [-0.1, -0.05) is 5.16 Å². The standard InChI is InChI=1S/C12H9BrF3N3O2/c1-6-18-10(19-21-6)5-17-11(20)8-4-7(12(14,15)16)2-3-9(8)13/h2-4H,5H2,1H3,(H,17,20). The maximum Gasteiger partial charge on any atom is 0.416 e. The van der Waals surface area contributed by atoms with E-state index in [2.05, 4.69) is 31.4 Å². The molecule has 0 spiro atoms. The molecule has 0 bridgehead atoms. The summed E-state index contributed by atoms with van der Waals surface area (Å²) in [5.41, 5.74) is -1.02. The van der Waals surface area contributed by atoms with Gasteiger partial charge in [0, 0.05) is 11.4 Å². The van der Waals surface area contributed by atoms with Gasteiger partial charge < -0.3 is 9.84 Å². The van der Waals surface area contributed by atoms with Crippen molar-refractivity contribution < 1.29 is 22.5 Å². The summed E-state index contributed by atoms with van der Waals surface area (Å²) < 4.78 is 42.9. The topological polar surface area (TPSA) is 68.0 Å². The zero-order valence-electron chi connectivity index (χ0n) is 10.7. The smallest absolute Gasteiger partial charge is 0.345 e. The van der Waals surface area contributed by atoms with Gasteiger partial charge in [-0.05, 0) is 34.1 Å². The second kappa shape index (κ2) is 5.84. The summed E-state index contributed by atoms with van der Waals surface area (Å²) in [4.78, 5) is 15.8. The largest absolute Gasteiger partial charge is 0.416 e. The first-order valence-electron chi connectivity index (χ1n) is 5.71. The molecule has 2 aromatic rings. The quantitative estimate of drug-likeness (QED) is 0.909. The van der Waals surface area contributed by atoms with E-state index in [9.17, 15) is 18.0 Å². The van der Waals surface area contributed by atoms with Gasteiger partial charge in [-0.3, -0.25) is 4.79 Å². The van der Waals surface area contributed by atoms with Crippen molar-refractivity contribution in [2.75, 3.05) is 0 Å². The molecule has 0 aliphatic heterocycles. The Morgan fingerprint density at radius 2 is 2.14 bits per heavy atom. The minimum Gasteiger partial charge on any atom is -0.345 e. The minimum atomic E-state index is -4.51. The summed E-state index contributed by atoms with van der Waals surface area (Å²) in [6.45, 7) is 1.54. The number of carbonyl (C=O) groups excluding carboxylic acids is 1. The Labute approximate surface area is 125 Å². The first-order chi connectivity index (χ1) is 9.77. The molecule has 21 heavy (non-hydrogen) atoms. The molecular formula is C12H9BrF3N3O2. The molecule has 1 heterocycles. The third kappa shape index (κ3) is 3.81. The monoisotopic (exact) mass is 363 g/mol. The van der Waals surface area contributed by atoms with Gasteiger partial charge in [0.25, 0.3) is 5.91 Å². The third-order valence-electron chi connectivity index (χ3n) is 2.52. The van der Waals surface area contributed by atoms with Crippen LogP contribution in [0, 0.1) is 6.92 Å². The minimum absolute atomic E-state index is 0.0428. The molecule has 5 nitrogen and oxygen atoms in total. The van der Waals surface area contributed by atoms with E-state index in [0.717, 1.165) is 12.1 Å². The first kappa shape index (κ1) is 15.5. The number of hydrogen-bond acceptors (Lipinski definition) is 4. The lowest BCUT2D eigenvalue weighted by Crippen LogP contribution is -2.24. The number of aromatic nitrogens is 2. The van der Waals surface area contributed by atoms with Gasteiger partial charge in [0.05, 0.1) is 17.7 Å². The molecule has 2 rings (SSSR count). The highest BCUT2D eigenvalue weighted by molar-refractivity contribution is 9.10. The van der Waals surface area contributed by atoms with Gasteiger partial charge in [0.1, 0.15) is 0 Å². The molecule has 0 fully saturated rings. The molecule has 0 aliphatic rings. The molecular weight excluding hydrogens is 355 g/mol. The number of alkyl halides is 3. The summed E-state index contributed by atoms with van der Waals surface area (Å²) in [6.07, 6.45) is -4.51. The van der Waals surface area contributed by atoms with Crippen LogP contribution in [-0.2, 0) is 12.7 Å². The lowest BCUT2D eigenvalue weighted by molar-refractivity contribution is -0.137. The van der Waals surface area contributed by atoms with Crippen molar-refractivity contribution in [1.82, 2.24) is 15.5 Å². The Morgan fingerprint density at radius 3 is 2.71 bits per heavy atom. The molecule has 1 aromatic heterocycles. The third-order valence-corrected chi connectivity index (χ3v) is 3.21. The zero-order valence-corrected chi connectivity index (χ0v) is 12.2. The number of halogens is 4. The number of carbonyl (C=O) groups is 1. The molecule has 112 valence electrons. The average molecular weight is 364 g/mol. The van der Waals surface area contributed by atoms with E-state index >= 15 is 0 Å². The van der Waals surface area contributed by atoms with Gasteiger partial charge in [0.2, 0.25) is 5.89 Å². The van der Waals surface area contributed by atoms with Crippen LogP contribution in [0.15, 0.2) is 27.2 Å². The Morgan fingerprint density at radius 1 is 1.43 bits per heavy atom. The first-order valence-corrected chi connectivity index (χ1v) is 6.51. The molecule has 1 N–H and O–H groups in total. The van der Waals surface area contributed by atoms with Crippen molar-refractivity contribution in [3.05, 3.63) is 45.5 Å². The van der Waals surface area contributed by atoms with Gasteiger partial charge in [-0.15, -0.1) is 0 Å². The highest BCUT2D eigenvalue weighted by atomic mass is 79.9. The Kier molecular flexibility index (Phi) is 4.31. The van der Waals surface area contributed by atoms with E-state index in [1.807, 2.05) is 0 Å². The highest BCUT2D eigenvalue weighted by Crippen LogP contribution is 2.31. The van der Waals surface area contributed by atoms with E-state index in [4.69, 9.17) is 4.52 Å². The van der Waals surface area contributed by atoms with E-state index in [0.29, 0.717) is 5.89 Å². The molecule has 0 saturated carbocycles. The lowest BCUT2D eigenvalue weighted by Gasteiger charge is -2.10. The highest BCUT2D eigenvalue weighted by Gasteiger charge is 2.31. The molecule has 1 amide bonds. The zero-order chi connectivity index (χ0) is 15.6. The maximum atomic E-state index is 12.6. The van der Waals surface area contributed by atoms with Crippen molar-refractivity contribution in [2.24, 2.45) is 0 Å².